The van der Waals surface area contributed by atoms with E-state index in [-0.39, 0.29) is 0 Å². The Labute approximate surface area is 86.8 Å². The highest BCUT2D eigenvalue weighted by atomic mass is 15.0. The van der Waals surface area contributed by atoms with Gasteiger partial charge < -0.3 is 10.6 Å². The van der Waals surface area contributed by atoms with Gasteiger partial charge in [0.1, 0.15) is 0 Å². The summed E-state index contributed by atoms with van der Waals surface area (Å²) in [6, 6.07) is 0. The Morgan fingerprint density at radius 3 is 1.07 bits per heavy atom. The number of hydrogen-bond acceptors (Lipinski definition) is 4. The molecule has 0 aliphatic rings. The third kappa shape index (κ3) is 22.4. The Morgan fingerprint density at radius 1 is 0.857 bits per heavy atom. The van der Waals surface area contributed by atoms with Gasteiger partial charge in [-0.15, -0.1) is 0 Å². The summed E-state index contributed by atoms with van der Waals surface area (Å²) < 4.78 is 0. The molecule has 0 aliphatic heterocycles. The van der Waals surface area contributed by atoms with Gasteiger partial charge in [-0.25, -0.2) is 0 Å². The highest BCUT2D eigenvalue weighted by Crippen LogP contribution is 1.59. The van der Waals surface area contributed by atoms with E-state index in [1.165, 1.54) is 0 Å². The number of hydrazine groups is 1. The van der Waals surface area contributed by atoms with E-state index in [9.17, 15) is 0 Å². The van der Waals surface area contributed by atoms with Crippen LogP contribution in [-0.2, 0) is 0 Å². The maximum atomic E-state index is 4.00. The third-order valence-electron chi connectivity index (χ3n) is 1.39. The Hall–Kier alpha value is -1.14. The summed E-state index contributed by atoms with van der Waals surface area (Å²) in [6.07, 6.45) is 0. The van der Waals surface area contributed by atoms with E-state index in [0.717, 1.165) is 11.7 Å². The van der Waals surface area contributed by atoms with Crippen LogP contribution in [-0.4, -0.2) is 39.9 Å². The van der Waals surface area contributed by atoms with Crippen LogP contribution < -0.4 is 22.3 Å². The number of nitrogens with two attached hydrogens (primary N) is 2. The van der Waals surface area contributed by atoms with Crippen molar-refractivity contribution >= 4 is 11.7 Å². The summed E-state index contributed by atoms with van der Waals surface area (Å²) in [5.41, 5.74) is 0. The summed E-state index contributed by atoms with van der Waals surface area (Å²) >= 11 is 0. The molecular weight excluding hydrogens is 180 g/mol. The summed E-state index contributed by atoms with van der Waals surface area (Å²) in [5, 5.41) is 5.73. The minimum absolute atomic E-state index is 0.968. The fourth-order valence-electron chi connectivity index (χ4n) is 0.224. The van der Waals surface area contributed by atoms with Crippen LogP contribution in [0.2, 0.25) is 0 Å². The van der Waals surface area contributed by atoms with Crippen molar-refractivity contribution in [1.82, 2.24) is 10.6 Å². The molecule has 86 valence electrons. The zero-order valence-corrected chi connectivity index (χ0v) is 10.0. The van der Waals surface area contributed by atoms with Crippen LogP contribution in [0.1, 0.15) is 13.8 Å². The number of aliphatic imine (C=N–C) groups is 2. The fraction of sp³-hybridized carbons (Fsp3) is 0.750. The van der Waals surface area contributed by atoms with Crippen LogP contribution >= 0.6 is 0 Å². The predicted molar refractivity (Wildman–Crippen MR) is 64.6 cm³/mol. The lowest BCUT2D eigenvalue weighted by molar-refractivity contribution is 1.14. The molecule has 14 heavy (non-hydrogen) atoms. The normalized spacial score (nSPS) is 10.3. The van der Waals surface area contributed by atoms with Crippen LogP contribution in [0.4, 0.5) is 0 Å². The molecule has 0 spiro atoms. The van der Waals surface area contributed by atoms with E-state index in [1.807, 2.05) is 27.9 Å². The van der Waals surface area contributed by atoms with Crippen molar-refractivity contribution in [1.29, 1.82) is 0 Å². The maximum Gasteiger partial charge on any atom is 0.0925 e. The van der Waals surface area contributed by atoms with Gasteiger partial charge in [-0.1, -0.05) is 0 Å². The molecule has 0 aromatic rings. The predicted octanol–water partition coefficient (Wildman–Crippen LogP) is -0.673. The Balaban J connectivity index is -0.000000147. The van der Waals surface area contributed by atoms with E-state index >= 15 is 0 Å². The molecule has 0 unspecified atom stereocenters. The van der Waals surface area contributed by atoms with Gasteiger partial charge >= 0.3 is 0 Å². The topological polar surface area (TPSA) is 101 Å². The lowest BCUT2D eigenvalue weighted by atomic mass is 10.7. The Kier molecular flexibility index (Phi) is 23.7. The van der Waals surface area contributed by atoms with Gasteiger partial charge in [0.15, 0.2) is 0 Å². The largest absolute Gasteiger partial charge is 0.377 e. The minimum Gasteiger partial charge on any atom is -0.377 e. The highest BCUT2D eigenvalue weighted by molar-refractivity contribution is 5.79. The first kappa shape index (κ1) is 18.6. The second-order valence-corrected chi connectivity index (χ2v) is 2.12. The van der Waals surface area contributed by atoms with E-state index in [4.69, 9.17) is 0 Å². The molecule has 6 heteroatoms. The molecule has 0 heterocycles. The first-order valence-electron chi connectivity index (χ1n) is 4.17. The molecule has 0 radical (unpaired) electrons. The Morgan fingerprint density at radius 2 is 1.07 bits per heavy atom. The molecule has 0 bridgehead atoms. The van der Waals surface area contributed by atoms with Gasteiger partial charge in [0.2, 0.25) is 0 Å². The fourth-order valence-corrected chi connectivity index (χ4v) is 0.224. The number of nitrogens with one attached hydrogen (secondary N) is 2. The van der Waals surface area contributed by atoms with Crippen LogP contribution in [0.3, 0.4) is 0 Å². The van der Waals surface area contributed by atoms with Gasteiger partial charge in [-0.2, -0.15) is 0 Å². The molecule has 6 nitrogen and oxygen atoms in total. The second-order valence-electron chi connectivity index (χ2n) is 2.12. The van der Waals surface area contributed by atoms with Gasteiger partial charge in [0, 0.05) is 28.2 Å². The van der Waals surface area contributed by atoms with Crippen LogP contribution in [0.25, 0.3) is 0 Å². The van der Waals surface area contributed by atoms with Crippen molar-refractivity contribution in [3.05, 3.63) is 0 Å². The molecule has 0 aromatic heterocycles. The number of hydrogen-bond donors (Lipinski definition) is 4. The molecule has 6 N–H and O–H groups in total. The van der Waals surface area contributed by atoms with Crippen molar-refractivity contribution < 1.29 is 0 Å². The molecule has 0 rings (SSSR count). The van der Waals surface area contributed by atoms with Gasteiger partial charge in [-0.3, -0.25) is 21.7 Å². The molecule has 0 saturated carbocycles. The SMILES string of the molecule is CN=C(C)NC.CN=C(C)NC.NN. The zero-order chi connectivity index (χ0) is 12.0. The van der Waals surface area contributed by atoms with Crippen LogP contribution in [0, 0.1) is 0 Å². The van der Waals surface area contributed by atoms with Crippen molar-refractivity contribution in [2.75, 3.05) is 28.2 Å². The van der Waals surface area contributed by atoms with Crippen LogP contribution in [0.15, 0.2) is 9.98 Å². The summed E-state index contributed by atoms with van der Waals surface area (Å²) in [5.74, 6) is 9.94. The average Bonchev–Trinajstić information content (AvgIpc) is 2.30. The molecule has 0 saturated heterocycles. The average molecular weight is 204 g/mol. The quantitative estimate of drug-likeness (QED) is 0.182. The summed E-state index contributed by atoms with van der Waals surface area (Å²) in [7, 11) is 7.21. The molecule has 0 atom stereocenters. The monoisotopic (exact) mass is 204 g/mol. The third-order valence-corrected chi connectivity index (χ3v) is 1.39. The number of amidine groups is 2. The van der Waals surface area contributed by atoms with Gasteiger partial charge in [0.05, 0.1) is 11.7 Å². The van der Waals surface area contributed by atoms with E-state index in [0.29, 0.717) is 0 Å². The minimum atomic E-state index is 0.968. The molecular formula is C8H24N6. The number of rotatable bonds is 0. The van der Waals surface area contributed by atoms with Crippen molar-refractivity contribution in [3.8, 4) is 0 Å². The van der Waals surface area contributed by atoms with E-state index in [1.54, 1.807) is 14.1 Å². The standard InChI is InChI=1S/2C4H10N2.H4N2/c2*1-4(5-2)6-3;1-2/h2*1-3H3,(H,5,6);1-2H2. The smallest absolute Gasteiger partial charge is 0.0925 e. The van der Waals surface area contributed by atoms with Crippen molar-refractivity contribution in [3.63, 3.8) is 0 Å². The first-order valence-corrected chi connectivity index (χ1v) is 4.17. The van der Waals surface area contributed by atoms with E-state index in [2.05, 4.69) is 32.3 Å². The molecule has 0 aliphatic carbocycles. The second kappa shape index (κ2) is 17.8. The molecule has 0 aromatic carbocycles. The van der Waals surface area contributed by atoms with Crippen molar-refractivity contribution in [2.45, 2.75) is 13.8 Å². The van der Waals surface area contributed by atoms with Gasteiger partial charge in [0.25, 0.3) is 0 Å². The van der Waals surface area contributed by atoms with Gasteiger partial charge in [-0.05, 0) is 13.8 Å². The Bertz CT molecular complexity index is 134. The summed E-state index contributed by atoms with van der Waals surface area (Å²) in [4.78, 5) is 7.62. The molecule has 0 fully saturated rings. The highest BCUT2D eigenvalue weighted by Gasteiger charge is 1.71. The lowest BCUT2D eigenvalue weighted by Crippen LogP contribution is -2.12. The molecule has 0 amide bonds. The first-order chi connectivity index (χ1) is 6.62. The van der Waals surface area contributed by atoms with Crippen molar-refractivity contribution in [2.24, 2.45) is 21.7 Å². The maximum absolute atomic E-state index is 4.00. The summed E-state index contributed by atoms with van der Waals surface area (Å²) in [6.45, 7) is 3.83. The zero-order valence-electron chi connectivity index (χ0n) is 10.0. The van der Waals surface area contributed by atoms with E-state index < -0.39 is 0 Å². The van der Waals surface area contributed by atoms with Crippen LogP contribution in [0.5, 0.6) is 0 Å². The number of nitrogens with zero attached hydrogens (tertiary/aromatic N) is 2. The lowest BCUT2D eigenvalue weighted by Gasteiger charge is -1.90.